The third-order valence-electron chi connectivity index (χ3n) is 2.19. The summed E-state index contributed by atoms with van der Waals surface area (Å²) in [6.07, 6.45) is 0.965. The van der Waals surface area contributed by atoms with Crippen molar-refractivity contribution in [1.82, 2.24) is 10.1 Å². The van der Waals surface area contributed by atoms with Crippen LogP contribution in [0.5, 0.6) is 0 Å². The van der Waals surface area contributed by atoms with Crippen LogP contribution >= 0.6 is 0 Å². The minimum absolute atomic E-state index is 0.0306. The van der Waals surface area contributed by atoms with Crippen LogP contribution in [0.3, 0.4) is 0 Å². The van der Waals surface area contributed by atoms with E-state index >= 15 is 0 Å². The number of aliphatic hydroxyl groups excluding tert-OH is 1. The van der Waals surface area contributed by atoms with Crippen molar-refractivity contribution in [1.29, 1.82) is 0 Å². The fourth-order valence-electron chi connectivity index (χ4n) is 1.34. The summed E-state index contributed by atoms with van der Waals surface area (Å²) in [5.74, 6) is -1.31. The molecular formula is C11H10F2N2O2. The van der Waals surface area contributed by atoms with Crippen molar-refractivity contribution in [3.05, 3.63) is 35.7 Å². The van der Waals surface area contributed by atoms with Crippen LogP contribution in [0.4, 0.5) is 8.78 Å². The van der Waals surface area contributed by atoms with E-state index in [1.54, 1.807) is 0 Å². The minimum atomic E-state index is -0.954. The van der Waals surface area contributed by atoms with Gasteiger partial charge < -0.3 is 9.63 Å². The molecule has 0 amide bonds. The van der Waals surface area contributed by atoms with Crippen LogP contribution in [0, 0.1) is 11.6 Å². The van der Waals surface area contributed by atoms with E-state index in [4.69, 9.17) is 9.63 Å². The summed E-state index contributed by atoms with van der Waals surface area (Å²) < 4.78 is 30.6. The number of aliphatic hydroxyl groups is 1. The first-order chi connectivity index (χ1) is 8.20. The van der Waals surface area contributed by atoms with E-state index < -0.39 is 11.6 Å². The van der Waals surface area contributed by atoms with Crippen molar-refractivity contribution in [3.8, 4) is 11.4 Å². The second-order valence-electron chi connectivity index (χ2n) is 3.47. The molecule has 1 N–H and O–H groups in total. The van der Waals surface area contributed by atoms with Gasteiger partial charge in [-0.25, -0.2) is 8.78 Å². The molecule has 0 radical (unpaired) electrons. The van der Waals surface area contributed by atoms with Crippen molar-refractivity contribution in [3.63, 3.8) is 0 Å². The quantitative estimate of drug-likeness (QED) is 0.887. The number of rotatable bonds is 4. The molecule has 2 aromatic rings. The zero-order chi connectivity index (χ0) is 12.3. The van der Waals surface area contributed by atoms with E-state index in [9.17, 15) is 8.78 Å². The Morgan fingerprint density at radius 3 is 2.76 bits per heavy atom. The molecule has 2 rings (SSSR count). The Balaban J connectivity index is 2.21. The van der Waals surface area contributed by atoms with E-state index in [2.05, 4.69) is 10.1 Å². The maximum Gasteiger partial charge on any atom is 0.227 e. The summed E-state index contributed by atoms with van der Waals surface area (Å²) >= 11 is 0. The zero-order valence-corrected chi connectivity index (χ0v) is 8.86. The van der Waals surface area contributed by atoms with Crippen LogP contribution in [0.1, 0.15) is 12.3 Å². The lowest BCUT2D eigenvalue weighted by atomic mass is 10.2. The van der Waals surface area contributed by atoms with Gasteiger partial charge in [-0.05, 0) is 24.6 Å². The van der Waals surface area contributed by atoms with Gasteiger partial charge in [-0.2, -0.15) is 4.98 Å². The maximum atomic E-state index is 13.0. The molecule has 6 heteroatoms. The predicted molar refractivity (Wildman–Crippen MR) is 55.1 cm³/mol. The molecule has 0 aliphatic rings. The van der Waals surface area contributed by atoms with Gasteiger partial charge in [-0.3, -0.25) is 0 Å². The SMILES string of the molecule is OCCCc1nc(-c2ccc(F)c(F)c2)no1. The molecule has 0 aliphatic heterocycles. The number of benzene rings is 1. The van der Waals surface area contributed by atoms with Gasteiger partial charge in [-0.1, -0.05) is 5.16 Å². The lowest BCUT2D eigenvalue weighted by Gasteiger charge is -1.95. The number of nitrogens with zero attached hydrogens (tertiary/aromatic N) is 2. The molecule has 17 heavy (non-hydrogen) atoms. The van der Waals surface area contributed by atoms with Crippen molar-refractivity contribution >= 4 is 0 Å². The van der Waals surface area contributed by atoms with Gasteiger partial charge in [0, 0.05) is 18.6 Å². The topological polar surface area (TPSA) is 59.2 Å². The van der Waals surface area contributed by atoms with Crippen LogP contribution in [0.25, 0.3) is 11.4 Å². The normalized spacial score (nSPS) is 10.8. The molecule has 0 bridgehead atoms. The first-order valence-corrected chi connectivity index (χ1v) is 5.09. The van der Waals surface area contributed by atoms with Crippen LogP contribution < -0.4 is 0 Å². The fraction of sp³-hybridized carbons (Fsp3) is 0.273. The van der Waals surface area contributed by atoms with Gasteiger partial charge >= 0.3 is 0 Å². The smallest absolute Gasteiger partial charge is 0.227 e. The molecule has 0 unspecified atom stereocenters. The lowest BCUT2D eigenvalue weighted by Crippen LogP contribution is -1.90. The summed E-state index contributed by atoms with van der Waals surface area (Å²) in [5.41, 5.74) is 0.350. The molecular weight excluding hydrogens is 230 g/mol. The highest BCUT2D eigenvalue weighted by Crippen LogP contribution is 2.18. The molecule has 0 aliphatic carbocycles. The third kappa shape index (κ3) is 2.65. The van der Waals surface area contributed by atoms with Crippen LogP contribution in [-0.2, 0) is 6.42 Å². The Morgan fingerprint density at radius 1 is 1.24 bits per heavy atom. The second-order valence-corrected chi connectivity index (χ2v) is 3.47. The van der Waals surface area contributed by atoms with E-state index in [0.717, 1.165) is 12.1 Å². The number of halogens is 2. The summed E-state index contributed by atoms with van der Waals surface area (Å²) in [6, 6.07) is 3.39. The maximum absolute atomic E-state index is 13.0. The summed E-state index contributed by atoms with van der Waals surface area (Å²) in [5, 5.41) is 12.3. The van der Waals surface area contributed by atoms with Crippen LogP contribution in [0.15, 0.2) is 22.7 Å². The van der Waals surface area contributed by atoms with E-state index in [0.29, 0.717) is 24.3 Å². The van der Waals surface area contributed by atoms with E-state index in [-0.39, 0.29) is 12.4 Å². The van der Waals surface area contributed by atoms with Gasteiger partial charge in [0.2, 0.25) is 11.7 Å². The summed E-state index contributed by atoms with van der Waals surface area (Å²) in [6.45, 7) is 0.0306. The molecule has 0 atom stereocenters. The van der Waals surface area contributed by atoms with Crippen molar-refractivity contribution < 1.29 is 18.4 Å². The van der Waals surface area contributed by atoms with Gasteiger partial charge in [0.1, 0.15) is 0 Å². The lowest BCUT2D eigenvalue weighted by molar-refractivity contribution is 0.278. The second kappa shape index (κ2) is 5.01. The monoisotopic (exact) mass is 240 g/mol. The molecule has 0 saturated heterocycles. The summed E-state index contributed by atoms with van der Waals surface area (Å²) in [4.78, 5) is 4.01. The molecule has 90 valence electrons. The summed E-state index contributed by atoms with van der Waals surface area (Å²) in [7, 11) is 0. The Bertz CT molecular complexity index is 514. The highest BCUT2D eigenvalue weighted by Gasteiger charge is 2.10. The van der Waals surface area contributed by atoms with Gasteiger partial charge in [0.05, 0.1) is 0 Å². The van der Waals surface area contributed by atoms with Gasteiger partial charge in [-0.15, -0.1) is 0 Å². The first kappa shape index (κ1) is 11.7. The highest BCUT2D eigenvalue weighted by molar-refractivity contribution is 5.54. The predicted octanol–water partition coefficient (Wildman–Crippen LogP) is 1.94. The van der Waals surface area contributed by atoms with Crippen LogP contribution in [0.2, 0.25) is 0 Å². The molecule has 0 fully saturated rings. The third-order valence-corrected chi connectivity index (χ3v) is 2.19. The van der Waals surface area contributed by atoms with Crippen molar-refractivity contribution in [2.75, 3.05) is 6.61 Å². The molecule has 0 spiro atoms. The Morgan fingerprint density at radius 2 is 2.06 bits per heavy atom. The minimum Gasteiger partial charge on any atom is -0.396 e. The molecule has 0 saturated carbocycles. The number of aryl methyl sites for hydroxylation is 1. The number of hydrogen-bond donors (Lipinski definition) is 1. The number of aromatic nitrogens is 2. The molecule has 1 heterocycles. The highest BCUT2D eigenvalue weighted by atomic mass is 19.2. The molecule has 4 nitrogen and oxygen atoms in total. The van der Waals surface area contributed by atoms with Crippen molar-refractivity contribution in [2.45, 2.75) is 12.8 Å². The Kier molecular flexibility index (Phi) is 3.43. The van der Waals surface area contributed by atoms with E-state index in [1.165, 1.54) is 6.07 Å². The van der Waals surface area contributed by atoms with Gasteiger partial charge in [0.15, 0.2) is 11.6 Å². The average molecular weight is 240 g/mol. The zero-order valence-electron chi connectivity index (χ0n) is 8.86. The standard InChI is InChI=1S/C11H10F2N2O2/c12-8-4-3-7(6-9(8)13)11-14-10(17-15-11)2-1-5-16/h3-4,6,16H,1-2,5H2. The van der Waals surface area contributed by atoms with Crippen LogP contribution in [-0.4, -0.2) is 21.9 Å². The number of hydrogen-bond acceptors (Lipinski definition) is 4. The Labute approximate surface area is 95.9 Å². The first-order valence-electron chi connectivity index (χ1n) is 5.09. The van der Waals surface area contributed by atoms with Crippen molar-refractivity contribution in [2.24, 2.45) is 0 Å². The molecule has 1 aromatic carbocycles. The van der Waals surface area contributed by atoms with Gasteiger partial charge in [0.25, 0.3) is 0 Å². The largest absolute Gasteiger partial charge is 0.396 e. The fourth-order valence-corrected chi connectivity index (χ4v) is 1.34. The average Bonchev–Trinajstić information content (AvgIpc) is 2.79. The molecule has 1 aromatic heterocycles. The Hall–Kier alpha value is -1.82. The van der Waals surface area contributed by atoms with E-state index in [1.807, 2.05) is 0 Å².